The van der Waals surface area contributed by atoms with E-state index in [1.807, 2.05) is 61.5 Å². The van der Waals surface area contributed by atoms with E-state index in [9.17, 15) is 9.18 Å². The molecule has 1 atom stereocenters. The van der Waals surface area contributed by atoms with E-state index in [2.05, 4.69) is 5.32 Å². The third-order valence-electron chi connectivity index (χ3n) is 4.09. The molecule has 5 heteroatoms. The van der Waals surface area contributed by atoms with Crippen molar-refractivity contribution >= 4 is 23.2 Å². The quantitative estimate of drug-likeness (QED) is 0.571. The molecular formula is C22H19ClFNO2. The van der Waals surface area contributed by atoms with Crippen LogP contribution >= 0.6 is 11.6 Å². The highest BCUT2D eigenvalue weighted by atomic mass is 35.5. The number of anilines is 1. The average Bonchev–Trinajstić information content (AvgIpc) is 2.70. The Hall–Kier alpha value is -2.85. The molecule has 27 heavy (non-hydrogen) atoms. The molecular weight excluding hydrogens is 365 g/mol. The van der Waals surface area contributed by atoms with Crippen molar-refractivity contribution in [1.29, 1.82) is 0 Å². The van der Waals surface area contributed by atoms with Crippen molar-refractivity contribution in [2.75, 3.05) is 5.32 Å². The fourth-order valence-electron chi connectivity index (χ4n) is 2.64. The molecule has 1 amide bonds. The summed E-state index contributed by atoms with van der Waals surface area (Å²) in [5, 5.41) is 2.66. The molecule has 0 fully saturated rings. The minimum absolute atomic E-state index is 0.0433. The van der Waals surface area contributed by atoms with Gasteiger partial charge in [0.05, 0.1) is 5.02 Å². The third-order valence-corrected chi connectivity index (χ3v) is 4.38. The number of amides is 1. The number of hydrogen-bond donors (Lipinski definition) is 1. The number of carbonyl (C=O) groups is 1. The zero-order chi connectivity index (χ0) is 19.2. The maximum absolute atomic E-state index is 13.2. The van der Waals surface area contributed by atoms with E-state index < -0.39 is 11.9 Å². The molecule has 3 nitrogen and oxygen atoms in total. The fraction of sp³-hybridized carbons (Fsp3) is 0.136. The Labute approximate surface area is 162 Å². The average molecular weight is 384 g/mol. The van der Waals surface area contributed by atoms with Crippen LogP contribution in [0.15, 0.2) is 72.8 Å². The molecule has 0 radical (unpaired) electrons. The van der Waals surface area contributed by atoms with Gasteiger partial charge in [-0.15, -0.1) is 0 Å². The van der Waals surface area contributed by atoms with Crippen molar-refractivity contribution in [3.63, 3.8) is 0 Å². The fourth-order valence-corrected chi connectivity index (χ4v) is 2.82. The normalized spacial score (nSPS) is 11.7. The number of rotatable bonds is 6. The summed E-state index contributed by atoms with van der Waals surface area (Å²) < 4.78 is 19.1. The molecule has 0 saturated carbocycles. The molecule has 0 spiro atoms. The molecule has 3 rings (SSSR count). The van der Waals surface area contributed by atoms with Crippen LogP contribution < -0.4 is 10.1 Å². The van der Waals surface area contributed by atoms with Gasteiger partial charge in [0.2, 0.25) is 0 Å². The highest BCUT2D eigenvalue weighted by Gasteiger charge is 2.19. The lowest BCUT2D eigenvalue weighted by Crippen LogP contribution is -2.32. The second-order valence-electron chi connectivity index (χ2n) is 6.02. The molecule has 3 aromatic rings. The SMILES string of the molecule is CCC(Oc1ccc(-c2ccccc2)cc1)C(=O)Nc1ccc(F)c(Cl)c1. The topological polar surface area (TPSA) is 38.3 Å². The Balaban J connectivity index is 1.67. The number of ether oxygens (including phenoxy) is 1. The van der Waals surface area contributed by atoms with Crippen molar-refractivity contribution in [1.82, 2.24) is 0 Å². The van der Waals surface area contributed by atoms with Crippen LogP contribution in [0.3, 0.4) is 0 Å². The lowest BCUT2D eigenvalue weighted by molar-refractivity contribution is -0.122. The molecule has 0 saturated heterocycles. The molecule has 1 unspecified atom stereocenters. The van der Waals surface area contributed by atoms with E-state index in [-0.39, 0.29) is 10.9 Å². The maximum Gasteiger partial charge on any atom is 0.265 e. The monoisotopic (exact) mass is 383 g/mol. The minimum Gasteiger partial charge on any atom is -0.481 e. The Bertz CT molecular complexity index is 913. The van der Waals surface area contributed by atoms with Crippen LogP contribution in [0.1, 0.15) is 13.3 Å². The summed E-state index contributed by atoms with van der Waals surface area (Å²) in [6, 6.07) is 21.6. The summed E-state index contributed by atoms with van der Waals surface area (Å²) >= 11 is 5.75. The zero-order valence-electron chi connectivity index (χ0n) is 14.8. The molecule has 0 bridgehead atoms. The molecule has 0 heterocycles. The van der Waals surface area contributed by atoms with Crippen LogP contribution in [-0.4, -0.2) is 12.0 Å². The first-order chi connectivity index (χ1) is 13.1. The molecule has 3 aromatic carbocycles. The van der Waals surface area contributed by atoms with Crippen LogP contribution in [0.4, 0.5) is 10.1 Å². The van der Waals surface area contributed by atoms with Crippen molar-refractivity contribution in [3.05, 3.63) is 83.6 Å². The van der Waals surface area contributed by atoms with Gasteiger partial charge >= 0.3 is 0 Å². The van der Waals surface area contributed by atoms with Crippen LogP contribution in [0.2, 0.25) is 5.02 Å². The number of hydrogen-bond acceptors (Lipinski definition) is 2. The predicted molar refractivity (Wildman–Crippen MR) is 107 cm³/mol. The summed E-state index contributed by atoms with van der Waals surface area (Å²) in [5.74, 6) is -0.238. The molecule has 0 aromatic heterocycles. The van der Waals surface area contributed by atoms with E-state index in [1.165, 1.54) is 18.2 Å². The van der Waals surface area contributed by atoms with Crippen molar-refractivity contribution in [2.24, 2.45) is 0 Å². The molecule has 0 aliphatic carbocycles. The standard InChI is InChI=1S/C22H19ClFNO2/c1-2-21(22(26)25-17-10-13-20(24)19(23)14-17)27-18-11-8-16(9-12-18)15-6-4-3-5-7-15/h3-14,21H,2H2,1H3,(H,25,26). The van der Waals surface area contributed by atoms with Crippen molar-refractivity contribution in [2.45, 2.75) is 19.4 Å². The lowest BCUT2D eigenvalue weighted by Gasteiger charge is -2.17. The van der Waals surface area contributed by atoms with Gasteiger partial charge in [-0.25, -0.2) is 4.39 Å². The molecule has 138 valence electrons. The van der Waals surface area contributed by atoms with Gasteiger partial charge in [0.1, 0.15) is 11.6 Å². The van der Waals surface area contributed by atoms with Gasteiger partial charge in [-0.05, 0) is 47.9 Å². The van der Waals surface area contributed by atoms with Gasteiger partial charge < -0.3 is 10.1 Å². The Morgan fingerprint density at radius 1 is 1.04 bits per heavy atom. The summed E-state index contributed by atoms with van der Waals surface area (Å²) in [7, 11) is 0. The summed E-state index contributed by atoms with van der Waals surface area (Å²) in [6.45, 7) is 1.86. The first-order valence-electron chi connectivity index (χ1n) is 8.65. The number of carbonyl (C=O) groups excluding carboxylic acids is 1. The third kappa shape index (κ3) is 4.86. The summed E-state index contributed by atoms with van der Waals surface area (Å²) in [5.41, 5.74) is 2.61. The Morgan fingerprint density at radius 2 is 1.70 bits per heavy atom. The first kappa shape index (κ1) is 18.9. The first-order valence-corrected chi connectivity index (χ1v) is 9.02. The van der Waals surface area contributed by atoms with Gasteiger partial charge in [0.15, 0.2) is 6.10 Å². The van der Waals surface area contributed by atoms with Crippen LogP contribution in [0.25, 0.3) is 11.1 Å². The van der Waals surface area contributed by atoms with E-state index >= 15 is 0 Å². The van der Waals surface area contributed by atoms with Crippen molar-refractivity contribution in [3.8, 4) is 16.9 Å². The van der Waals surface area contributed by atoms with Gasteiger partial charge in [-0.1, -0.05) is 61.0 Å². The van der Waals surface area contributed by atoms with Gasteiger partial charge in [-0.3, -0.25) is 4.79 Å². The lowest BCUT2D eigenvalue weighted by atomic mass is 10.1. The van der Waals surface area contributed by atoms with E-state index in [1.54, 1.807) is 0 Å². The summed E-state index contributed by atoms with van der Waals surface area (Å²) in [6.07, 6.45) is -0.183. The molecule has 0 aliphatic rings. The van der Waals surface area contributed by atoms with E-state index in [0.717, 1.165) is 11.1 Å². The van der Waals surface area contributed by atoms with Crippen LogP contribution in [0, 0.1) is 5.82 Å². The van der Waals surface area contributed by atoms with Gasteiger partial charge in [0.25, 0.3) is 5.91 Å². The second-order valence-corrected chi connectivity index (χ2v) is 6.43. The molecule has 0 aliphatic heterocycles. The Kier molecular flexibility index (Phi) is 6.09. The predicted octanol–water partition coefficient (Wildman–Crippen LogP) is 5.94. The minimum atomic E-state index is -0.670. The smallest absolute Gasteiger partial charge is 0.265 e. The largest absolute Gasteiger partial charge is 0.481 e. The number of benzene rings is 3. The highest BCUT2D eigenvalue weighted by molar-refractivity contribution is 6.31. The zero-order valence-corrected chi connectivity index (χ0v) is 15.5. The summed E-state index contributed by atoms with van der Waals surface area (Å²) in [4.78, 5) is 12.5. The van der Waals surface area contributed by atoms with E-state index in [0.29, 0.717) is 17.9 Å². The number of halogens is 2. The second kappa shape index (κ2) is 8.69. The highest BCUT2D eigenvalue weighted by Crippen LogP contribution is 2.24. The molecule has 1 N–H and O–H groups in total. The van der Waals surface area contributed by atoms with E-state index in [4.69, 9.17) is 16.3 Å². The van der Waals surface area contributed by atoms with Gasteiger partial charge in [0, 0.05) is 5.69 Å². The van der Waals surface area contributed by atoms with Crippen LogP contribution in [-0.2, 0) is 4.79 Å². The maximum atomic E-state index is 13.2. The Morgan fingerprint density at radius 3 is 2.33 bits per heavy atom. The van der Waals surface area contributed by atoms with Crippen molar-refractivity contribution < 1.29 is 13.9 Å². The number of nitrogens with one attached hydrogen (secondary N) is 1. The van der Waals surface area contributed by atoms with Crippen LogP contribution in [0.5, 0.6) is 5.75 Å². The van der Waals surface area contributed by atoms with Gasteiger partial charge in [-0.2, -0.15) is 0 Å².